The molecule has 1 aromatic carbocycles. The molecule has 0 heterocycles. The van der Waals surface area contributed by atoms with Gasteiger partial charge in [-0.1, -0.05) is 6.07 Å². The Hall–Kier alpha value is -0.500. The second kappa shape index (κ2) is 5.02. The van der Waals surface area contributed by atoms with E-state index in [9.17, 15) is 4.79 Å². The van der Waals surface area contributed by atoms with Crippen LogP contribution in [0.5, 0.6) is 0 Å². The van der Waals surface area contributed by atoms with E-state index in [1.165, 1.54) is 0 Å². The summed E-state index contributed by atoms with van der Waals surface area (Å²) in [5, 5.41) is 0.550. The average Bonchev–Trinajstić information content (AvgIpc) is 2.20. The van der Waals surface area contributed by atoms with Crippen molar-refractivity contribution in [2.75, 3.05) is 0 Å². The number of benzene rings is 1. The van der Waals surface area contributed by atoms with E-state index in [0.29, 0.717) is 10.0 Å². The van der Waals surface area contributed by atoms with Gasteiger partial charge in [-0.05, 0) is 56.2 Å². The smallest absolute Gasteiger partial charge is 0.275 e. The van der Waals surface area contributed by atoms with Crippen molar-refractivity contribution < 1.29 is 4.79 Å². The maximum absolute atomic E-state index is 11.7. The van der Waals surface area contributed by atoms with Crippen LogP contribution in [0, 0.1) is 0 Å². The maximum atomic E-state index is 11.7. The highest BCUT2D eigenvalue weighted by molar-refractivity contribution is 9.13. The highest BCUT2D eigenvalue weighted by atomic mass is 79.9. The maximum Gasteiger partial charge on any atom is 0.275 e. The normalized spacial score (nSPS) is 9.80. The van der Waals surface area contributed by atoms with Crippen molar-refractivity contribution in [2.24, 2.45) is 11.6 Å². The Balaban J connectivity index is 3.12. The summed E-state index contributed by atoms with van der Waals surface area (Å²) >= 11 is 11.1. The molecule has 0 atom stereocenters. The molecular formula is C8H7Br2N3OS. The summed E-state index contributed by atoms with van der Waals surface area (Å²) in [5.74, 6) is 4.93. The van der Waals surface area contributed by atoms with Gasteiger partial charge < -0.3 is 5.73 Å². The molecule has 1 aromatic rings. The van der Waals surface area contributed by atoms with E-state index in [0.717, 1.165) is 9.48 Å². The average molecular weight is 353 g/mol. The Morgan fingerprint density at radius 3 is 2.53 bits per heavy atom. The van der Waals surface area contributed by atoms with Gasteiger partial charge in [0, 0.05) is 8.95 Å². The lowest BCUT2D eigenvalue weighted by Gasteiger charge is -2.15. The van der Waals surface area contributed by atoms with E-state index in [-0.39, 0.29) is 5.11 Å². The van der Waals surface area contributed by atoms with Crippen molar-refractivity contribution in [3.05, 3.63) is 32.7 Å². The third-order valence-electron chi connectivity index (χ3n) is 1.64. The predicted molar refractivity (Wildman–Crippen MR) is 69.0 cm³/mol. The summed E-state index contributed by atoms with van der Waals surface area (Å²) in [4.78, 5) is 11.7. The molecule has 15 heavy (non-hydrogen) atoms. The van der Waals surface area contributed by atoms with Gasteiger partial charge in [0.05, 0.1) is 5.56 Å². The Bertz CT molecular complexity index is 424. The van der Waals surface area contributed by atoms with E-state index >= 15 is 0 Å². The quantitative estimate of drug-likeness (QED) is 0.349. The SMILES string of the molecule is NC(=S)N(N)C(=O)c1cccc(Br)c1Br. The van der Waals surface area contributed by atoms with Crippen LogP contribution in [-0.4, -0.2) is 16.0 Å². The molecule has 4 N–H and O–H groups in total. The van der Waals surface area contributed by atoms with Crippen LogP contribution in [0.3, 0.4) is 0 Å². The van der Waals surface area contributed by atoms with Gasteiger partial charge in [-0.3, -0.25) is 4.79 Å². The lowest BCUT2D eigenvalue weighted by Crippen LogP contribution is -2.45. The summed E-state index contributed by atoms with van der Waals surface area (Å²) in [6.45, 7) is 0. The van der Waals surface area contributed by atoms with Gasteiger partial charge in [-0.15, -0.1) is 0 Å². The van der Waals surface area contributed by atoms with Crippen molar-refractivity contribution in [1.82, 2.24) is 5.01 Å². The van der Waals surface area contributed by atoms with Crippen molar-refractivity contribution in [3.63, 3.8) is 0 Å². The zero-order valence-electron chi connectivity index (χ0n) is 7.41. The summed E-state index contributed by atoms with van der Waals surface area (Å²) in [6.07, 6.45) is 0. The number of nitrogens with two attached hydrogens (primary N) is 2. The lowest BCUT2D eigenvalue weighted by molar-refractivity contribution is 0.0847. The summed E-state index contributed by atoms with van der Waals surface area (Å²) in [6, 6.07) is 5.13. The molecule has 0 spiro atoms. The molecule has 0 unspecified atom stereocenters. The van der Waals surface area contributed by atoms with E-state index in [4.69, 9.17) is 11.6 Å². The first kappa shape index (κ1) is 12.6. The number of carbonyl (C=O) groups excluding carboxylic acids is 1. The fourth-order valence-corrected chi connectivity index (χ4v) is 1.78. The molecule has 4 nitrogen and oxygen atoms in total. The Morgan fingerprint density at radius 2 is 2.00 bits per heavy atom. The molecule has 80 valence electrons. The summed E-state index contributed by atoms with van der Waals surface area (Å²) < 4.78 is 1.37. The highest BCUT2D eigenvalue weighted by Gasteiger charge is 2.18. The molecule has 0 aliphatic rings. The van der Waals surface area contributed by atoms with Crippen molar-refractivity contribution >= 4 is 55.1 Å². The second-order valence-electron chi connectivity index (χ2n) is 2.61. The number of carbonyl (C=O) groups is 1. The molecule has 0 bridgehead atoms. The van der Waals surface area contributed by atoms with Crippen molar-refractivity contribution in [2.45, 2.75) is 0 Å². The third-order valence-corrected chi connectivity index (χ3v) is 3.88. The van der Waals surface area contributed by atoms with E-state index in [1.54, 1.807) is 18.2 Å². The number of thiocarbonyl (C=S) groups is 1. The lowest BCUT2D eigenvalue weighted by atomic mass is 10.2. The van der Waals surface area contributed by atoms with Crippen molar-refractivity contribution in [3.8, 4) is 0 Å². The van der Waals surface area contributed by atoms with Crippen LogP contribution in [0.25, 0.3) is 0 Å². The van der Waals surface area contributed by atoms with Crippen LogP contribution >= 0.6 is 44.1 Å². The molecule has 0 saturated heterocycles. The van der Waals surface area contributed by atoms with Gasteiger partial charge in [0.2, 0.25) is 0 Å². The van der Waals surface area contributed by atoms with Crippen LogP contribution in [0.1, 0.15) is 10.4 Å². The monoisotopic (exact) mass is 351 g/mol. The number of hydrogen-bond donors (Lipinski definition) is 2. The van der Waals surface area contributed by atoms with Crippen LogP contribution < -0.4 is 11.6 Å². The first-order chi connectivity index (χ1) is 6.95. The predicted octanol–water partition coefficient (Wildman–Crippen LogP) is 1.77. The minimum atomic E-state index is -0.462. The Morgan fingerprint density at radius 1 is 1.40 bits per heavy atom. The van der Waals surface area contributed by atoms with Gasteiger partial charge in [0.25, 0.3) is 5.91 Å². The number of nitrogens with zero attached hydrogens (tertiary/aromatic N) is 1. The van der Waals surface area contributed by atoms with Gasteiger partial charge in [-0.2, -0.15) is 0 Å². The molecule has 0 aliphatic carbocycles. The number of amides is 1. The van der Waals surface area contributed by atoms with Gasteiger partial charge >= 0.3 is 0 Å². The number of hydrogen-bond acceptors (Lipinski definition) is 3. The molecule has 0 aliphatic heterocycles. The van der Waals surface area contributed by atoms with Crippen LogP contribution in [0.2, 0.25) is 0 Å². The Kier molecular flexibility index (Phi) is 4.21. The highest BCUT2D eigenvalue weighted by Crippen LogP contribution is 2.27. The van der Waals surface area contributed by atoms with Crippen LogP contribution in [-0.2, 0) is 0 Å². The first-order valence-electron chi connectivity index (χ1n) is 3.77. The summed E-state index contributed by atoms with van der Waals surface area (Å²) in [7, 11) is 0. The molecule has 7 heteroatoms. The molecular weight excluding hydrogens is 346 g/mol. The van der Waals surface area contributed by atoms with Gasteiger partial charge in [0.1, 0.15) is 0 Å². The largest absolute Gasteiger partial charge is 0.375 e. The number of rotatable bonds is 1. The zero-order chi connectivity index (χ0) is 11.6. The topological polar surface area (TPSA) is 72.3 Å². The molecule has 1 rings (SSSR count). The van der Waals surface area contributed by atoms with Gasteiger partial charge in [-0.25, -0.2) is 10.9 Å². The van der Waals surface area contributed by atoms with E-state index < -0.39 is 5.91 Å². The van der Waals surface area contributed by atoms with E-state index in [2.05, 4.69) is 44.1 Å². The standard InChI is InChI=1S/C8H7Br2N3OS/c9-5-3-1-2-4(6(5)10)7(14)13(12)8(11)15/h1-3H,12H2,(H2,11,15). The molecule has 1 amide bonds. The minimum Gasteiger partial charge on any atom is -0.375 e. The first-order valence-corrected chi connectivity index (χ1v) is 5.77. The number of hydrazine groups is 1. The third kappa shape index (κ3) is 2.75. The van der Waals surface area contributed by atoms with Crippen LogP contribution in [0.15, 0.2) is 27.1 Å². The van der Waals surface area contributed by atoms with Crippen LogP contribution in [0.4, 0.5) is 0 Å². The van der Waals surface area contributed by atoms with Gasteiger partial charge in [0.15, 0.2) is 5.11 Å². The molecule has 0 saturated carbocycles. The Labute approximate surface area is 109 Å². The minimum absolute atomic E-state index is 0.174. The molecule has 0 fully saturated rings. The second-order valence-corrected chi connectivity index (χ2v) is 4.68. The summed E-state index contributed by atoms with van der Waals surface area (Å²) in [5.41, 5.74) is 5.64. The fourth-order valence-electron chi connectivity index (χ4n) is 0.899. The molecule has 0 aromatic heterocycles. The zero-order valence-corrected chi connectivity index (χ0v) is 11.4. The fraction of sp³-hybridized carbons (Fsp3) is 0. The molecule has 0 radical (unpaired) electrons. The van der Waals surface area contributed by atoms with Crippen molar-refractivity contribution in [1.29, 1.82) is 0 Å². The number of halogens is 2. The van der Waals surface area contributed by atoms with E-state index in [1.807, 2.05) is 0 Å².